The summed E-state index contributed by atoms with van der Waals surface area (Å²) in [6.45, 7) is 2.44. The Hall–Kier alpha value is -0.630. The van der Waals surface area contributed by atoms with Crippen molar-refractivity contribution in [1.29, 1.82) is 0 Å². The Balaban J connectivity index is 2.18. The van der Waals surface area contributed by atoms with Gasteiger partial charge in [0.2, 0.25) is 0 Å². The van der Waals surface area contributed by atoms with Crippen molar-refractivity contribution in [1.82, 2.24) is 4.31 Å². The van der Waals surface area contributed by atoms with Crippen LogP contribution in [0.15, 0.2) is 15.7 Å². The summed E-state index contributed by atoms with van der Waals surface area (Å²) in [5.41, 5.74) is 5.26. The predicted octanol–water partition coefficient (Wildman–Crippen LogP) is 0.866. The van der Waals surface area contributed by atoms with Crippen LogP contribution in [0.4, 0.5) is 5.69 Å². The molecule has 5 nitrogen and oxygen atoms in total. The molecular weight excluding hydrogens is 260 g/mol. The van der Waals surface area contributed by atoms with Crippen LogP contribution in [0.25, 0.3) is 0 Å². The van der Waals surface area contributed by atoms with E-state index in [1.54, 1.807) is 12.3 Å². The second-order valence-electron chi connectivity index (χ2n) is 4.60. The number of aliphatic hydroxyl groups is 1. The number of hydrogen-bond acceptors (Lipinski definition) is 5. The molecular formula is C10H16N2O3S2. The van der Waals surface area contributed by atoms with Gasteiger partial charge in [-0.05, 0) is 25.8 Å². The van der Waals surface area contributed by atoms with E-state index in [1.807, 2.05) is 0 Å². The minimum absolute atomic E-state index is 0.275. The summed E-state index contributed by atoms with van der Waals surface area (Å²) in [6, 6.07) is 1.48. The highest BCUT2D eigenvalue weighted by Gasteiger charge is 2.34. The number of hydrogen-bond donors (Lipinski definition) is 2. The van der Waals surface area contributed by atoms with Crippen LogP contribution in [0.2, 0.25) is 0 Å². The number of thiophene rings is 1. The number of nitrogens with zero attached hydrogens (tertiary/aromatic N) is 1. The molecule has 1 aliphatic heterocycles. The summed E-state index contributed by atoms with van der Waals surface area (Å²) in [4.78, 5) is 0. The summed E-state index contributed by atoms with van der Waals surface area (Å²) in [6.07, 6.45) is 0.931. The summed E-state index contributed by atoms with van der Waals surface area (Å²) in [7, 11) is -3.43. The topological polar surface area (TPSA) is 83.6 Å². The molecule has 0 bridgehead atoms. The normalized spacial score (nSPS) is 21.5. The van der Waals surface area contributed by atoms with Crippen LogP contribution in [0.3, 0.4) is 0 Å². The Morgan fingerprint density at radius 3 is 2.53 bits per heavy atom. The van der Waals surface area contributed by atoms with Crippen LogP contribution in [-0.2, 0) is 10.0 Å². The molecule has 0 unspecified atom stereocenters. The van der Waals surface area contributed by atoms with E-state index < -0.39 is 15.6 Å². The SMILES string of the molecule is CC1(O)CCN(S(=O)(=O)c2cc(N)cs2)CC1. The smallest absolute Gasteiger partial charge is 0.252 e. The van der Waals surface area contributed by atoms with E-state index in [1.165, 1.54) is 10.4 Å². The first-order chi connectivity index (χ1) is 7.81. The van der Waals surface area contributed by atoms with Gasteiger partial charge >= 0.3 is 0 Å². The molecule has 96 valence electrons. The number of anilines is 1. The number of nitrogens with two attached hydrogens (primary N) is 1. The molecule has 0 aliphatic carbocycles. The Morgan fingerprint density at radius 2 is 2.06 bits per heavy atom. The molecule has 0 radical (unpaired) electrons. The van der Waals surface area contributed by atoms with Gasteiger partial charge in [0.15, 0.2) is 0 Å². The Kier molecular flexibility index (Phi) is 3.19. The molecule has 0 atom stereocenters. The van der Waals surface area contributed by atoms with E-state index in [0.717, 1.165) is 11.3 Å². The fourth-order valence-corrected chi connectivity index (χ4v) is 4.48. The largest absolute Gasteiger partial charge is 0.398 e. The van der Waals surface area contributed by atoms with Crippen LogP contribution >= 0.6 is 11.3 Å². The molecule has 3 N–H and O–H groups in total. The molecule has 0 saturated carbocycles. The first kappa shape index (κ1) is 12.8. The lowest BCUT2D eigenvalue weighted by Gasteiger charge is -2.34. The predicted molar refractivity (Wildman–Crippen MR) is 67.3 cm³/mol. The van der Waals surface area contributed by atoms with Crippen molar-refractivity contribution in [3.8, 4) is 0 Å². The van der Waals surface area contributed by atoms with Gasteiger partial charge in [-0.3, -0.25) is 0 Å². The van der Waals surface area contributed by atoms with Crippen molar-refractivity contribution >= 4 is 27.0 Å². The summed E-state index contributed by atoms with van der Waals surface area (Å²) in [5.74, 6) is 0. The van der Waals surface area contributed by atoms with Gasteiger partial charge in [0.05, 0.1) is 5.60 Å². The van der Waals surface area contributed by atoms with E-state index in [0.29, 0.717) is 31.6 Å². The van der Waals surface area contributed by atoms with Gasteiger partial charge in [0, 0.05) is 24.2 Å². The van der Waals surface area contributed by atoms with Gasteiger partial charge in [-0.1, -0.05) is 0 Å². The zero-order valence-corrected chi connectivity index (χ0v) is 11.2. The second-order valence-corrected chi connectivity index (χ2v) is 7.68. The number of rotatable bonds is 2. The standard InChI is InChI=1S/C10H16N2O3S2/c1-10(13)2-4-12(5-3-10)17(14,15)9-6-8(11)7-16-9/h6-7,13H,2-5,11H2,1H3. The van der Waals surface area contributed by atoms with Crippen LogP contribution in [0, 0.1) is 0 Å². The lowest BCUT2D eigenvalue weighted by Crippen LogP contribution is -2.44. The van der Waals surface area contributed by atoms with Gasteiger partial charge in [-0.2, -0.15) is 4.31 Å². The maximum absolute atomic E-state index is 12.2. The van der Waals surface area contributed by atoms with E-state index >= 15 is 0 Å². The van der Waals surface area contributed by atoms with E-state index in [4.69, 9.17) is 5.73 Å². The second kappa shape index (κ2) is 4.24. The summed E-state index contributed by atoms with van der Waals surface area (Å²) >= 11 is 1.13. The molecule has 0 amide bonds. The minimum Gasteiger partial charge on any atom is -0.398 e. The molecule has 7 heteroatoms. The molecule has 2 heterocycles. The van der Waals surface area contributed by atoms with Gasteiger partial charge in [-0.15, -0.1) is 11.3 Å². The Morgan fingerprint density at radius 1 is 1.47 bits per heavy atom. The first-order valence-corrected chi connectivity index (χ1v) is 7.70. The quantitative estimate of drug-likeness (QED) is 0.839. The van der Waals surface area contributed by atoms with Crippen molar-refractivity contribution in [2.24, 2.45) is 0 Å². The molecule has 1 aromatic rings. The molecule has 0 spiro atoms. The third kappa shape index (κ3) is 2.62. The first-order valence-electron chi connectivity index (χ1n) is 5.38. The van der Waals surface area contributed by atoms with Crippen molar-refractivity contribution in [3.63, 3.8) is 0 Å². The van der Waals surface area contributed by atoms with Gasteiger partial charge in [0.1, 0.15) is 4.21 Å². The minimum atomic E-state index is -3.43. The highest BCUT2D eigenvalue weighted by atomic mass is 32.2. The van der Waals surface area contributed by atoms with Gasteiger partial charge in [0.25, 0.3) is 10.0 Å². The maximum atomic E-state index is 12.2. The third-order valence-electron chi connectivity index (χ3n) is 2.99. The average molecular weight is 276 g/mol. The monoisotopic (exact) mass is 276 g/mol. The van der Waals surface area contributed by atoms with Crippen LogP contribution in [0.5, 0.6) is 0 Å². The zero-order valence-electron chi connectivity index (χ0n) is 9.59. The molecule has 1 aliphatic rings. The van der Waals surface area contributed by atoms with Crippen molar-refractivity contribution < 1.29 is 13.5 Å². The van der Waals surface area contributed by atoms with E-state index in [-0.39, 0.29) is 4.21 Å². The number of nitrogen functional groups attached to an aromatic ring is 1. The van der Waals surface area contributed by atoms with Crippen LogP contribution in [-0.4, -0.2) is 36.5 Å². The number of sulfonamides is 1. The molecule has 1 saturated heterocycles. The fraction of sp³-hybridized carbons (Fsp3) is 0.600. The van der Waals surface area contributed by atoms with Crippen molar-refractivity contribution in [2.45, 2.75) is 29.6 Å². The highest BCUT2D eigenvalue weighted by molar-refractivity contribution is 7.91. The van der Waals surface area contributed by atoms with Crippen molar-refractivity contribution in [3.05, 3.63) is 11.4 Å². The number of piperidine rings is 1. The van der Waals surface area contributed by atoms with Crippen molar-refractivity contribution in [2.75, 3.05) is 18.8 Å². The molecule has 17 heavy (non-hydrogen) atoms. The Labute approximate surface area is 105 Å². The van der Waals surface area contributed by atoms with Crippen LogP contribution < -0.4 is 5.73 Å². The third-order valence-corrected chi connectivity index (χ3v) is 6.32. The molecule has 2 rings (SSSR count). The lowest BCUT2D eigenvalue weighted by molar-refractivity contribution is 0.0126. The molecule has 0 aromatic carbocycles. The lowest BCUT2D eigenvalue weighted by atomic mass is 9.95. The van der Waals surface area contributed by atoms with E-state index in [2.05, 4.69) is 0 Å². The van der Waals surface area contributed by atoms with Gasteiger partial charge < -0.3 is 10.8 Å². The maximum Gasteiger partial charge on any atom is 0.252 e. The molecule has 1 fully saturated rings. The average Bonchev–Trinajstić information content (AvgIpc) is 2.65. The molecule has 1 aromatic heterocycles. The van der Waals surface area contributed by atoms with E-state index in [9.17, 15) is 13.5 Å². The zero-order chi connectivity index (χ0) is 12.7. The van der Waals surface area contributed by atoms with Crippen LogP contribution in [0.1, 0.15) is 19.8 Å². The Bertz CT molecular complexity index is 497. The summed E-state index contributed by atoms with van der Waals surface area (Å²) < 4.78 is 26.1. The van der Waals surface area contributed by atoms with Gasteiger partial charge in [-0.25, -0.2) is 8.42 Å². The summed E-state index contributed by atoms with van der Waals surface area (Å²) in [5, 5.41) is 11.4. The highest BCUT2D eigenvalue weighted by Crippen LogP contribution is 2.29. The fourth-order valence-electron chi connectivity index (χ4n) is 1.80.